The lowest BCUT2D eigenvalue weighted by molar-refractivity contribution is -0.141. The van der Waals surface area contributed by atoms with Gasteiger partial charge in [-0.15, -0.1) is 0 Å². The van der Waals surface area contributed by atoms with Gasteiger partial charge in [0.1, 0.15) is 0 Å². The molecular formula is C12H22O2S. The number of hydrogen-bond donors (Lipinski definition) is 2. The Hall–Kier alpha value is -0.440. The van der Waals surface area contributed by atoms with E-state index in [0.29, 0.717) is 12.2 Å². The van der Waals surface area contributed by atoms with Crippen molar-refractivity contribution in [1.29, 1.82) is 0 Å². The molecule has 15 heavy (non-hydrogen) atoms. The first-order chi connectivity index (χ1) is 6.82. The van der Waals surface area contributed by atoms with Crippen LogP contribution in [-0.2, 0) is 4.79 Å². The third-order valence-corrected chi connectivity index (χ3v) is 3.06. The first-order valence-corrected chi connectivity index (χ1v) is 5.91. The molecule has 0 rings (SSSR count). The van der Waals surface area contributed by atoms with E-state index in [-0.39, 0.29) is 11.3 Å². The molecule has 0 fully saturated rings. The Balaban J connectivity index is 4.41. The second-order valence-corrected chi connectivity index (χ2v) is 5.26. The molecule has 0 aliphatic rings. The molecule has 88 valence electrons. The highest BCUT2D eigenvalue weighted by molar-refractivity contribution is 7.80. The Morgan fingerprint density at radius 3 is 2.40 bits per heavy atom. The molecule has 0 aliphatic heterocycles. The standard InChI is InChI=1S/C12H22O2S/c1-5-9(2)6-12(3,4)7-10(8-15)11(13)14/h5,10,15H,6-8H2,1-4H3,(H,13,14). The molecule has 1 atom stereocenters. The molecule has 0 aromatic carbocycles. The minimum absolute atomic E-state index is 0.0301. The molecule has 2 nitrogen and oxygen atoms in total. The predicted octanol–water partition coefficient (Wildman–Crippen LogP) is 3.39. The van der Waals surface area contributed by atoms with Crippen molar-refractivity contribution in [1.82, 2.24) is 0 Å². The van der Waals surface area contributed by atoms with Gasteiger partial charge in [-0.05, 0) is 32.1 Å². The molecule has 1 N–H and O–H groups in total. The highest BCUT2D eigenvalue weighted by Gasteiger charge is 2.26. The van der Waals surface area contributed by atoms with E-state index in [1.807, 2.05) is 6.92 Å². The second-order valence-electron chi connectivity index (χ2n) is 4.90. The van der Waals surface area contributed by atoms with Gasteiger partial charge < -0.3 is 5.11 Å². The number of aliphatic carboxylic acids is 1. The van der Waals surface area contributed by atoms with Gasteiger partial charge in [0, 0.05) is 5.75 Å². The molecule has 3 heteroatoms. The predicted molar refractivity (Wildman–Crippen MR) is 67.4 cm³/mol. The first-order valence-electron chi connectivity index (χ1n) is 5.28. The third kappa shape index (κ3) is 5.88. The minimum atomic E-state index is -0.740. The van der Waals surface area contributed by atoms with E-state index in [4.69, 9.17) is 5.11 Å². The zero-order valence-corrected chi connectivity index (χ0v) is 11.0. The SMILES string of the molecule is CC=C(C)CC(C)(C)CC(CS)C(=O)O. The summed E-state index contributed by atoms with van der Waals surface area (Å²) in [5, 5.41) is 8.96. The zero-order chi connectivity index (χ0) is 12.1. The number of rotatable bonds is 6. The maximum absolute atomic E-state index is 10.9. The number of thiol groups is 1. The largest absolute Gasteiger partial charge is 0.481 e. The quantitative estimate of drug-likeness (QED) is 0.542. The second kappa shape index (κ2) is 6.21. The number of carboxylic acids is 1. The maximum atomic E-state index is 10.9. The molecule has 0 aromatic heterocycles. The average Bonchev–Trinajstić information content (AvgIpc) is 2.13. The summed E-state index contributed by atoms with van der Waals surface area (Å²) < 4.78 is 0. The Labute approximate surface area is 98.2 Å². The molecule has 0 amide bonds. The number of carbonyl (C=O) groups is 1. The van der Waals surface area contributed by atoms with Gasteiger partial charge in [0.05, 0.1) is 5.92 Å². The Bertz CT molecular complexity index is 244. The summed E-state index contributed by atoms with van der Waals surface area (Å²) in [4.78, 5) is 10.9. The van der Waals surface area contributed by atoms with Crippen LogP contribution in [0.15, 0.2) is 11.6 Å². The lowest BCUT2D eigenvalue weighted by atomic mass is 9.78. The fourth-order valence-electron chi connectivity index (χ4n) is 1.83. The van der Waals surface area contributed by atoms with Gasteiger partial charge in [-0.3, -0.25) is 4.79 Å². The summed E-state index contributed by atoms with van der Waals surface area (Å²) in [5.41, 5.74) is 1.34. The number of allylic oxidation sites excluding steroid dienone is 2. The van der Waals surface area contributed by atoms with Crippen molar-refractivity contribution < 1.29 is 9.90 Å². The number of carboxylic acid groups (broad SMARTS) is 1. The van der Waals surface area contributed by atoms with E-state index < -0.39 is 5.97 Å². The lowest BCUT2D eigenvalue weighted by Gasteiger charge is -2.27. The lowest BCUT2D eigenvalue weighted by Crippen LogP contribution is -2.24. The van der Waals surface area contributed by atoms with Gasteiger partial charge in [0.25, 0.3) is 0 Å². The third-order valence-electron chi connectivity index (χ3n) is 2.62. The monoisotopic (exact) mass is 230 g/mol. The Morgan fingerprint density at radius 2 is 2.07 bits per heavy atom. The van der Waals surface area contributed by atoms with Crippen molar-refractivity contribution in [3.8, 4) is 0 Å². The molecule has 0 saturated heterocycles. The van der Waals surface area contributed by atoms with Crippen LogP contribution in [0.1, 0.15) is 40.5 Å². The van der Waals surface area contributed by atoms with Crippen LogP contribution in [0, 0.1) is 11.3 Å². The molecule has 0 aromatic rings. The van der Waals surface area contributed by atoms with E-state index in [2.05, 4.69) is 39.5 Å². The van der Waals surface area contributed by atoms with Crippen LogP contribution in [0.4, 0.5) is 0 Å². The van der Waals surface area contributed by atoms with Gasteiger partial charge in [0.15, 0.2) is 0 Å². The van der Waals surface area contributed by atoms with Crippen LogP contribution in [0.2, 0.25) is 0 Å². The Morgan fingerprint density at radius 1 is 1.53 bits per heavy atom. The summed E-state index contributed by atoms with van der Waals surface area (Å²) >= 11 is 4.08. The van der Waals surface area contributed by atoms with Crippen LogP contribution in [-0.4, -0.2) is 16.8 Å². The molecule has 0 spiro atoms. The average molecular weight is 230 g/mol. The van der Waals surface area contributed by atoms with Gasteiger partial charge in [0.2, 0.25) is 0 Å². The van der Waals surface area contributed by atoms with Gasteiger partial charge in [-0.25, -0.2) is 0 Å². The van der Waals surface area contributed by atoms with Gasteiger partial charge in [-0.1, -0.05) is 25.5 Å². The highest BCUT2D eigenvalue weighted by atomic mass is 32.1. The molecule has 1 unspecified atom stereocenters. The topological polar surface area (TPSA) is 37.3 Å². The van der Waals surface area contributed by atoms with Crippen molar-refractivity contribution in [3.63, 3.8) is 0 Å². The van der Waals surface area contributed by atoms with Crippen molar-refractivity contribution in [2.45, 2.75) is 40.5 Å². The van der Waals surface area contributed by atoms with E-state index in [9.17, 15) is 4.79 Å². The summed E-state index contributed by atoms with van der Waals surface area (Å²) in [6.07, 6.45) is 3.70. The fourth-order valence-corrected chi connectivity index (χ4v) is 2.11. The maximum Gasteiger partial charge on any atom is 0.307 e. The highest BCUT2D eigenvalue weighted by Crippen LogP contribution is 2.32. The molecule has 0 heterocycles. The van der Waals surface area contributed by atoms with Crippen molar-refractivity contribution in [3.05, 3.63) is 11.6 Å². The van der Waals surface area contributed by atoms with E-state index >= 15 is 0 Å². The van der Waals surface area contributed by atoms with Crippen LogP contribution < -0.4 is 0 Å². The van der Waals surface area contributed by atoms with Crippen LogP contribution in [0.5, 0.6) is 0 Å². The molecule has 0 aliphatic carbocycles. The van der Waals surface area contributed by atoms with Crippen molar-refractivity contribution >= 4 is 18.6 Å². The summed E-state index contributed by atoms with van der Waals surface area (Å²) in [6.45, 7) is 8.32. The van der Waals surface area contributed by atoms with E-state index in [0.717, 1.165) is 6.42 Å². The Kier molecular flexibility index (Phi) is 6.03. The van der Waals surface area contributed by atoms with Crippen molar-refractivity contribution in [2.75, 3.05) is 5.75 Å². The van der Waals surface area contributed by atoms with E-state index in [1.54, 1.807) is 0 Å². The number of hydrogen-bond acceptors (Lipinski definition) is 2. The van der Waals surface area contributed by atoms with Crippen LogP contribution in [0.25, 0.3) is 0 Å². The molecular weight excluding hydrogens is 208 g/mol. The molecule has 0 radical (unpaired) electrons. The molecule has 0 bridgehead atoms. The van der Waals surface area contributed by atoms with Gasteiger partial charge in [-0.2, -0.15) is 12.6 Å². The smallest absolute Gasteiger partial charge is 0.307 e. The first kappa shape index (κ1) is 14.6. The van der Waals surface area contributed by atoms with Crippen LogP contribution in [0.3, 0.4) is 0 Å². The summed E-state index contributed by atoms with van der Waals surface area (Å²) in [7, 11) is 0. The van der Waals surface area contributed by atoms with Gasteiger partial charge >= 0.3 is 5.97 Å². The normalized spacial score (nSPS) is 15.1. The van der Waals surface area contributed by atoms with Crippen LogP contribution >= 0.6 is 12.6 Å². The minimum Gasteiger partial charge on any atom is -0.481 e. The molecule has 0 saturated carbocycles. The fraction of sp³-hybridized carbons (Fsp3) is 0.750. The van der Waals surface area contributed by atoms with E-state index in [1.165, 1.54) is 5.57 Å². The summed E-state index contributed by atoms with van der Waals surface area (Å²) in [5.74, 6) is -0.669. The van der Waals surface area contributed by atoms with Crippen molar-refractivity contribution in [2.24, 2.45) is 11.3 Å². The zero-order valence-electron chi connectivity index (χ0n) is 10.1. The summed E-state index contributed by atoms with van der Waals surface area (Å²) in [6, 6.07) is 0.